The fraction of sp³-hybridized carbons (Fsp3) is 0.417. The monoisotopic (exact) mass is 204 g/mol. The van der Waals surface area contributed by atoms with Crippen LogP contribution in [0.3, 0.4) is 0 Å². The Morgan fingerprint density at radius 3 is 2.80 bits per heavy atom. The van der Waals surface area contributed by atoms with Crippen molar-refractivity contribution in [3.8, 4) is 0 Å². The number of nitrogens with one attached hydrogen (secondary N) is 2. The summed E-state index contributed by atoms with van der Waals surface area (Å²) >= 11 is 0. The van der Waals surface area contributed by atoms with Gasteiger partial charge in [0.1, 0.15) is 0 Å². The molecule has 3 heteroatoms. The quantitative estimate of drug-likeness (QED) is 0.681. The molecule has 0 aromatic heterocycles. The van der Waals surface area contributed by atoms with Crippen LogP contribution in [-0.4, -0.2) is 12.5 Å². The van der Waals surface area contributed by atoms with Gasteiger partial charge in [0.25, 0.3) is 0 Å². The normalized spacial score (nSPS) is 18.5. The van der Waals surface area contributed by atoms with E-state index >= 15 is 0 Å². The minimum atomic E-state index is -0.370. The zero-order chi connectivity index (χ0) is 11.1. The summed E-state index contributed by atoms with van der Waals surface area (Å²) in [4.78, 5) is 11.9. The molecule has 1 aromatic rings. The van der Waals surface area contributed by atoms with Crippen LogP contribution in [-0.2, 0) is 4.79 Å². The minimum absolute atomic E-state index is 0.0688. The van der Waals surface area contributed by atoms with Crippen LogP contribution in [0.25, 0.3) is 0 Å². The van der Waals surface area contributed by atoms with Crippen LogP contribution >= 0.6 is 0 Å². The molecule has 0 unspecified atom stereocenters. The van der Waals surface area contributed by atoms with Crippen LogP contribution in [0.4, 0.5) is 11.4 Å². The van der Waals surface area contributed by atoms with E-state index in [2.05, 4.69) is 10.6 Å². The number of para-hydroxylation sites is 1. The Kier molecular flexibility index (Phi) is 2.18. The summed E-state index contributed by atoms with van der Waals surface area (Å²) in [6.07, 6.45) is 0. The Balaban J connectivity index is 2.44. The third-order valence-electron chi connectivity index (χ3n) is 2.84. The van der Waals surface area contributed by atoms with E-state index in [9.17, 15) is 4.79 Å². The molecule has 0 radical (unpaired) electrons. The van der Waals surface area contributed by atoms with Crippen LogP contribution in [0.15, 0.2) is 18.2 Å². The minimum Gasteiger partial charge on any atom is -0.382 e. The maximum Gasteiger partial charge on any atom is 0.231 e. The predicted octanol–water partition coefficient (Wildman–Crippen LogP) is 2.39. The standard InChI is InChI=1S/C12H16N2O/c1-8-5-4-6-9-10(8)13-7-12(2,3)11(15)14-9/h4-6,13H,7H2,1-3H3,(H,14,15). The van der Waals surface area contributed by atoms with Gasteiger partial charge in [-0.3, -0.25) is 4.79 Å². The van der Waals surface area contributed by atoms with Crippen molar-refractivity contribution in [1.82, 2.24) is 0 Å². The van der Waals surface area contributed by atoms with E-state index in [4.69, 9.17) is 0 Å². The molecule has 0 spiro atoms. The molecule has 2 N–H and O–H groups in total. The van der Waals surface area contributed by atoms with Crippen LogP contribution in [0.1, 0.15) is 19.4 Å². The third-order valence-corrected chi connectivity index (χ3v) is 2.84. The van der Waals surface area contributed by atoms with Gasteiger partial charge in [0.15, 0.2) is 0 Å². The van der Waals surface area contributed by atoms with Crippen molar-refractivity contribution in [2.45, 2.75) is 20.8 Å². The number of anilines is 2. The first kappa shape index (κ1) is 10.0. The molecule has 0 saturated carbocycles. The summed E-state index contributed by atoms with van der Waals surface area (Å²) in [5.74, 6) is 0.0688. The number of hydrogen-bond donors (Lipinski definition) is 2. The summed E-state index contributed by atoms with van der Waals surface area (Å²) in [6, 6.07) is 5.92. The second kappa shape index (κ2) is 3.26. The number of rotatable bonds is 0. The van der Waals surface area contributed by atoms with E-state index in [-0.39, 0.29) is 11.3 Å². The van der Waals surface area contributed by atoms with Gasteiger partial charge in [0, 0.05) is 6.54 Å². The molecule has 1 aliphatic rings. The van der Waals surface area contributed by atoms with Gasteiger partial charge in [-0.15, -0.1) is 0 Å². The molecule has 80 valence electrons. The van der Waals surface area contributed by atoms with Crippen molar-refractivity contribution in [2.75, 3.05) is 17.2 Å². The van der Waals surface area contributed by atoms with Gasteiger partial charge >= 0.3 is 0 Å². The molecule has 0 bridgehead atoms. The van der Waals surface area contributed by atoms with Gasteiger partial charge in [0.05, 0.1) is 16.8 Å². The van der Waals surface area contributed by atoms with E-state index in [1.807, 2.05) is 39.0 Å². The molecular formula is C12H16N2O. The maximum absolute atomic E-state index is 11.9. The lowest BCUT2D eigenvalue weighted by Gasteiger charge is -2.19. The highest BCUT2D eigenvalue weighted by Gasteiger charge is 2.30. The molecule has 3 nitrogen and oxygen atoms in total. The van der Waals surface area contributed by atoms with Crippen molar-refractivity contribution in [3.05, 3.63) is 23.8 Å². The fourth-order valence-electron chi connectivity index (χ4n) is 1.69. The highest BCUT2D eigenvalue weighted by atomic mass is 16.2. The Hall–Kier alpha value is -1.51. The van der Waals surface area contributed by atoms with Crippen LogP contribution < -0.4 is 10.6 Å². The largest absolute Gasteiger partial charge is 0.382 e. The Bertz CT molecular complexity index is 410. The number of amides is 1. The smallest absolute Gasteiger partial charge is 0.231 e. The Morgan fingerprint density at radius 2 is 2.07 bits per heavy atom. The zero-order valence-corrected chi connectivity index (χ0v) is 9.35. The number of carbonyl (C=O) groups is 1. The second-order valence-electron chi connectivity index (χ2n) is 4.69. The van der Waals surface area contributed by atoms with Crippen molar-refractivity contribution in [1.29, 1.82) is 0 Å². The average molecular weight is 204 g/mol. The molecule has 2 rings (SSSR count). The molecule has 1 heterocycles. The number of benzene rings is 1. The van der Waals surface area contributed by atoms with Crippen molar-refractivity contribution in [3.63, 3.8) is 0 Å². The first-order chi connectivity index (χ1) is 7.00. The summed E-state index contributed by atoms with van der Waals surface area (Å²) in [5, 5.41) is 6.28. The molecule has 0 fully saturated rings. The van der Waals surface area contributed by atoms with E-state index in [0.717, 1.165) is 16.9 Å². The van der Waals surface area contributed by atoms with E-state index in [0.29, 0.717) is 6.54 Å². The van der Waals surface area contributed by atoms with E-state index in [1.165, 1.54) is 0 Å². The lowest BCUT2D eigenvalue weighted by atomic mass is 9.93. The molecule has 0 saturated heterocycles. The Morgan fingerprint density at radius 1 is 1.33 bits per heavy atom. The number of hydrogen-bond acceptors (Lipinski definition) is 2. The topological polar surface area (TPSA) is 41.1 Å². The molecule has 0 aliphatic carbocycles. The summed E-state index contributed by atoms with van der Waals surface area (Å²) < 4.78 is 0. The molecule has 1 aliphatic heterocycles. The zero-order valence-electron chi connectivity index (χ0n) is 9.35. The van der Waals surface area contributed by atoms with Crippen LogP contribution in [0, 0.1) is 12.3 Å². The van der Waals surface area contributed by atoms with Gasteiger partial charge in [-0.2, -0.15) is 0 Å². The summed E-state index contributed by atoms with van der Waals surface area (Å²) in [6.45, 7) is 6.58. The van der Waals surface area contributed by atoms with Gasteiger partial charge in [-0.05, 0) is 32.4 Å². The van der Waals surface area contributed by atoms with Crippen molar-refractivity contribution >= 4 is 17.3 Å². The number of aryl methyl sites for hydroxylation is 1. The second-order valence-corrected chi connectivity index (χ2v) is 4.69. The highest BCUT2D eigenvalue weighted by Crippen LogP contribution is 2.31. The summed E-state index contributed by atoms with van der Waals surface area (Å²) in [7, 11) is 0. The first-order valence-electron chi connectivity index (χ1n) is 5.16. The predicted molar refractivity (Wildman–Crippen MR) is 62.1 cm³/mol. The maximum atomic E-state index is 11.9. The van der Waals surface area contributed by atoms with Crippen LogP contribution in [0.2, 0.25) is 0 Å². The third kappa shape index (κ3) is 1.69. The molecule has 15 heavy (non-hydrogen) atoms. The molecule has 1 aromatic carbocycles. The Labute approximate surface area is 89.9 Å². The first-order valence-corrected chi connectivity index (χ1v) is 5.16. The lowest BCUT2D eigenvalue weighted by Crippen LogP contribution is -2.34. The SMILES string of the molecule is Cc1cccc2c1NCC(C)(C)C(=O)N2. The van der Waals surface area contributed by atoms with E-state index < -0.39 is 0 Å². The number of fused-ring (bicyclic) bond motifs is 1. The molecule has 0 atom stereocenters. The summed E-state index contributed by atoms with van der Waals surface area (Å²) in [5.41, 5.74) is 2.71. The van der Waals surface area contributed by atoms with Gasteiger partial charge in [-0.25, -0.2) is 0 Å². The van der Waals surface area contributed by atoms with Gasteiger partial charge in [-0.1, -0.05) is 12.1 Å². The average Bonchev–Trinajstić information content (AvgIpc) is 2.26. The molecular weight excluding hydrogens is 188 g/mol. The highest BCUT2D eigenvalue weighted by molar-refractivity contribution is 5.99. The van der Waals surface area contributed by atoms with Gasteiger partial charge in [0.2, 0.25) is 5.91 Å². The lowest BCUT2D eigenvalue weighted by molar-refractivity contribution is -0.123. The van der Waals surface area contributed by atoms with E-state index in [1.54, 1.807) is 0 Å². The van der Waals surface area contributed by atoms with Gasteiger partial charge < -0.3 is 10.6 Å². The van der Waals surface area contributed by atoms with Crippen molar-refractivity contribution < 1.29 is 4.79 Å². The fourth-order valence-corrected chi connectivity index (χ4v) is 1.69. The molecule has 1 amide bonds. The van der Waals surface area contributed by atoms with Crippen LogP contribution in [0.5, 0.6) is 0 Å². The number of carbonyl (C=O) groups excluding carboxylic acids is 1. The van der Waals surface area contributed by atoms with Crippen molar-refractivity contribution in [2.24, 2.45) is 5.41 Å².